The van der Waals surface area contributed by atoms with Crippen molar-refractivity contribution < 1.29 is 10.1 Å². The molecule has 0 spiro atoms. The van der Waals surface area contributed by atoms with E-state index in [4.69, 9.17) is 23.2 Å². The van der Waals surface area contributed by atoms with E-state index in [1.165, 1.54) is 38.5 Å². The molecule has 4 fully saturated rings. The van der Waals surface area contributed by atoms with Gasteiger partial charge in [0.05, 0.1) is 21.3 Å². The zero-order valence-corrected chi connectivity index (χ0v) is 14.7. The Labute approximate surface area is 147 Å². The van der Waals surface area contributed by atoms with Crippen LogP contribution in [0.3, 0.4) is 0 Å². The van der Waals surface area contributed by atoms with Crippen LogP contribution in [0, 0.1) is 17.8 Å². The number of para-hydroxylation sites is 1. The van der Waals surface area contributed by atoms with Gasteiger partial charge in [-0.15, -0.1) is 0 Å². The second-order valence-corrected chi connectivity index (χ2v) is 8.65. The van der Waals surface area contributed by atoms with Crippen molar-refractivity contribution in [2.24, 2.45) is 17.8 Å². The molecule has 1 amide bonds. The first-order valence-corrected chi connectivity index (χ1v) is 9.37. The molecule has 4 aliphatic carbocycles. The van der Waals surface area contributed by atoms with Gasteiger partial charge in [-0.05, 0) is 49.1 Å². The monoisotopic (exact) mass is 353 g/mol. The summed E-state index contributed by atoms with van der Waals surface area (Å²) in [4.78, 5) is 12.4. The molecule has 124 valence electrons. The van der Waals surface area contributed by atoms with Crippen molar-refractivity contribution in [1.82, 2.24) is 0 Å². The largest absolute Gasteiger partial charge is 0.334 e. The van der Waals surface area contributed by atoms with Crippen LogP contribution in [0.4, 0.5) is 5.69 Å². The van der Waals surface area contributed by atoms with E-state index in [-0.39, 0.29) is 5.91 Å². The smallest absolute Gasteiger partial charge is 0.279 e. The van der Waals surface area contributed by atoms with Gasteiger partial charge < -0.3 is 10.6 Å². The summed E-state index contributed by atoms with van der Waals surface area (Å²) in [6, 6.07) is 5.26. The molecule has 1 aromatic rings. The van der Waals surface area contributed by atoms with Gasteiger partial charge in [0.1, 0.15) is 0 Å². The van der Waals surface area contributed by atoms with E-state index in [0.29, 0.717) is 27.8 Å². The van der Waals surface area contributed by atoms with Gasteiger partial charge in [0.15, 0.2) is 6.54 Å². The quantitative estimate of drug-likeness (QED) is 0.855. The van der Waals surface area contributed by atoms with Crippen LogP contribution < -0.4 is 10.6 Å². The molecule has 0 aliphatic heterocycles. The number of hydrogen-bond donors (Lipinski definition) is 2. The van der Waals surface area contributed by atoms with Crippen molar-refractivity contribution in [3.8, 4) is 0 Å². The predicted molar refractivity (Wildman–Crippen MR) is 92.8 cm³/mol. The lowest BCUT2D eigenvalue weighted by atomic mass is 9.53. The van der Waals surface area contributed by atoms with Crippen LogP contribution >= 0.6 is 23.2 Å². The summed E-state index contributed by atoms with van der Waals surface area (Å²) in [6.07, 6.45) is 8.15. The van der Waals surface area contributed by atoms with Gasteiger partial charge in [0, 0.05) is 19.3 Å². The number of nitrogens with two attached hydrogens (primary N) is 1. The molecule has 4 saturated carbocycles. The molecular weight excluding hydrogens is 331 g/mol. The Balaban J connectivity index is 1.39. The number of quaternary nitrogens is 1. The highest BCUT2D eigenvalue weighted by Crippen LogP contribution is 2.54. The number of anilines is 1. The minimum atomic E-state index is -0.0178. The Bertz CT molecular complexity index is 576. The number of amides is 1. The van der Waals surface area contributed by atoms with E-state index < -0.39 is 0 Å². The maximum atomic E-state index is 12.4. The highest BCUT2D eigenvalue weighted by atomic mass is 35.5. The SMILES string of the molecule is O=C(C[NH2+]C12CC3CC(CC(C3)C1)C2)Nc1c(Cl)cccc1Cl. The summed E-state index contributed by atoms with van der Waals surface area (Å²) in [6.45, 7) is 0.452. The fourth-order valence-corrected chi connectivity index (χ4v) is 6.04. The lowest BCUT2D eigenvalue weighted by molar-refractivity contribution is -0.729. The number of benzene rings is 1. The number of carbonyl (C=O) groups is 1. The van der Waals surface area contributed by atoms with Crippen molar-refractivity contribution >= 4 is 34.8 Å². The van der Waals surface area contributed by atoms with E-state index in [0.717, 1.165) is 17.8 Å². The fraction of sp³-hybridized carbons (Fsp3) is 0.611. The Morgan fingerprint density at radius 3 is 2.13 bits per heavy atom. The summed E-state index contributed by atoms with van der Waals surface area (Å²) < 4.78 is 0. The average Bonchev–Trinajstić information content (AvgIpc) is 2.48. The van der Waals surface area contributed by atoms with Gasteiger partial charge in [-0.3, -0.25) is 4.79 Å². The molecule has 0 heterocycles. The molecule has 23 heavy (non-hydrogen) atoms. The first-order chi connectivity index (χ1) is 11.0. The fourth-order valence-electron chi connectivity index (χ4n) is 5.54. The van der Waals surface area contributed by atoms with E-state index in [9.17, 15) is 4.79 Å². The number of halogens is 2. The third-order valence-corrected chi connectivity index (χ3v) is 6.66. The molecule has 5 rings (SSSR count). The number of hydrogen-bond acceptors (Lipinski definition) is 1. The van der Waals surface area contributed by atoms with Crippen molar-refractivity contribution in [1.29, 1.82) is 0 Å². The second-order valence-electron chi connectivity index (χ2n) is 7.83. The van der Waals surface area contributed by atoms with Gasteiger partial charge in [0.25, 0.3) is 5.91 Å². The van der Waals surface area contributed by atoms with Crippen molar-refractivity contribution in [3.63, 3.8) is 0 Å². The van der Waals surface area contributed by atoms with Crippen LogP contribution in [0.2, 0.25) is 10.0 Å². The van der Waals surface area contributed by atoms with Crippen molar-refractivity contribution in [2.75, 3.05) is 11.9 Å². The minimum Gasteiger partial charge on any atom is -0.334 e. The van der Waals surface area contributed by atoms with Crippen LogP contribution in [-0.4, -0.2) is 18.0 Å². The Morgan fingerprint density at radius 1 is 1.09 bits per heavy atom. The number of nitrogens with one attached hydrogen (secondary N) is 1. The third-order valence-electron chi connectivity index (χ3n) is 6.03. The van der Waals surface area contributed by atoms with Gasteiger partial charge in [-0.1, -0.05) is 29.3 Å². The molecule has 0 atom stereocenters. The molecule has 0 aromatic heterocycles. The molecule has 4 aliphatic rings. The van der Waals surface area contributed by atoms with Crippen molar-refractivity contribution in [3.05, 3.63) is 28.2 Å². The Morgan fingerprint density at radius 2 is 1.61 bits per heavy atom. The molecule has 4 bridgehead atoms. The number of carbonyl (C=O) groups excluding carboxylic acids is 1. The first kappa shape index (κ1) is 15.7. The molecule has 1 aromatic carbocycles. The van der Waals surface area contributed by atoms with E-state index >= 15 is 0 Å². The first-order valence-electron chi connectivity index (χ1n) is 8.61. The Hall–Kier alpha value is -0.770. The Kier molecular flexibility index (Phi) is 4.07. The molecule has 3 nitrogen and oxygen atoms in total. The zero-order valence-electron chi connectivity index (χ0n) is 13.2. The average molecular weight is 354 g/mol. The van der Waals surface area contributed by atoms with E-state index in [1.54, 1.807) is 18.2 Å². The normalized spacial score (nSPS) is 34.6. The second kappa shape index (κ2) is 5.94. The maximum Gasteiger partial charge on any atom is 0.279 e. The molecule has 3 N–H and O–H groups in total. The molecular formula is C18H23Cl2N2O+. The lowest BCUT2D eigenvalue weighted by Crippen LogP contribution is -3.00. The summed E-state index contributed by atoms with van der Waals surface area (Å²) in [7, 11) is 0. The van der Waals surface area contributed by atoms with Crippen LogP contribution in [0.25, 0.3) is 0 Å². The standard InChI is InChI=1S/C18H22Cl2N2O/c19-14-2-1-3-15(20)17(14)22-16(23)10-21-18-7-11-4-12(8-18)6-13(5-11)9-18/h1-3,11-13,21H,4-10H2,(H,22,23)/p+1. The predicted octanol–water partition coefficient (Wildman–Crippen LogP) is 3.46. The van der Waals surface area contributed by atoms with Crippen LogP contribution in [0.5, 0.6) is 0 Å². The van der Waals surface area contributed by atoms with Gasteiger partial charge in [-0.2, -0.15) is 0 Å². The zero-order chi connectivity index (χ0) is 16.0. The molecule has 0 radical (unpaired) electrons. The van der Waals surface area contributed by atoms with E-state index in [2.05, 4.69) is 10.6 Å². The van der Waals surface area contributed by atoms with Crippen LogP contribution in [0.15, 0.2) is 18.2 Å². The molecule has 0 saturated heterocycles. The van der Waals surface area contributed by atoms with Crippen molar-refractivity contribution in [2.45, 2.75) is 44.1 Å². The van der Waals surface area contributed by atoms with E-state index in [1.807, 2.05) is 0 Å². The summed E-state index contributed by atoms with van der Waals surface area (Å²) in [5.41, 5.74) is 0.843. The summed E-state index contributed by atoms with van der Waals surface area (Å²) in [5, 5.41) is 6.15. The van der Waals surface area contributed by atoms with Crippen LogP contribution in [-0.2, 0) is 4.79 Å². The summed E-state index contributed by atoms with van der Waals surface area (Å²) >= 11 is 12.2. The highest BCUT2D eigenvalue weighted by molar-refractivity contribution is 6.39. The topological polar surface area (TPSA) is 45.7 Å². The van der Waals surface area contributed by atoms with Gasteiger partial charge in [0.2, 0.25) is 0 Å². The molecule has 5 heteroatoms. The molecule has 0 unspecified atom stereocenters. The van der Waals surface area contributed by atoms with Gasteiger partial charge in [-0.25, -0.2) is 0 Å². The highest BCUT2D eigenvalue weighted by Gasteiger charge is 2.53. The minimum absolute atomic E-state index is 0.0178. The van der Waals surface area contributed by atoms with Crippen LogP contribution in [0.1, 0.15) is 38.5 Å². The summed E-state index contributed by atoms with van der Waals surface area (Å²) in [5.74, 6) is 2.69. The third kappa shape index (κ3) is 3.11. The van der Waals surface area contributed by atoms with Gasteiger partial charge >= 0.3 is 0 Å². The number of rotatable bonds is 4. The maximum absolute atomic E-state index is 12.4. The lowest BCUT2D eigenvalue weighted by Gasteiger charge is -2.54.